The normalized spacial score (nSPS) is 26.6. The first-order valence-corrected chi connectivity index (χ1v) is 17.6. The van der Waals surface area contributed by atoms with Gasteiger partial charge < -0.3 is 35.0 Å². The Morgan fingerprint density at radius 2 is 1.80 bits per heavy atom. The Labute approximate surface area is 257 Å². The van der Waals surface area contributed by atoms with Gasteiger partial charge in [0.25, 0.3) is 5.91 Å². The third-order valence-electron chi connectivity index (χ3n) is 8.86. The van der Waals surface area contributed by atoms with Crippen LogP contribution in [-0.2, 0) is 18.9 Å². The first-order chi connectivity index (χ1) is 21.0. The molecule has 2 unspecified atom stereocenters. The summed E-state index contributed by atoms with van der Waals surface area (Å²) in [6, 6.07) is 3.79. The number of nitrogens with zero attached hydrogens (tertiary/aromatic N) is 2. The number of nitrogens with one attached hydrogen (secondary N) is 2. The van der Waals surface area contributed by atoms with Gasteiger partial charge in [-0.3, -0.25) is 18.9 Å². The Kier molecular flexibility index (Phi) is 8.71. The van der Waals surface area contributed by atoms with E-state index in [2.05, 4.69) is 10.6 Å². The molecule has 1 saturated carbocycles. The van der Waals surface area contributed by atoms with Crippen LogP contribution in [-0.4, -0.2) is 86.8 Å². The van der Waals surface area contributed by atoms with E-state index >= 15 is 0 Å². The van der Waals surface area contributed by atoms with Crippen LogP contribution in [0, 0.1) is 0 Å². The summed E-state index contributed by atoms with van der Waals surface area (Å²) in [4.78, 5) is 74.9. The molecule has 0 spiro atoms. The van der Waals surface area contributed by atoms with Crippen molar-refractivity contribution >= 4 is 52.8 Å². The van der Waals surface area contributed by atoms with Crippen molar-refractivity contribution in [2.75, 3.05) is 13.1 Å². The van der Waals surface area contributed by atoms with E-state index in [-0.39, 0.29) is 46.5 Å². The average Bonchev–Trinajstić information content (AvgIpc) is 3.35. The van der Waals surface area contributed by atoms with Crippen LogP contribution in [0.4, 0.5) is 9.18 Å². The highest BCUT2D eigenvalue weighted by Gasteiger charge is 2.45. The number of amides is 4. The molecule has 4 fully saturated rings. The van der Waals surface area contributed by atoms with Gasteiger partial charge in [-0.2, -0.15) is 0 Å². The molecule has 1 aliphatic carbocycles. The van der Waals surface area contributed by atoms with E-state index in [1.54, 1.807) is 9.80 Å². The maximum absolute atomic E-state index is 14.2. The van der Waals surface area contributed by atoms with Crippen LogP contribution in [0.3, 0.4) is 0 Å². The standard InChI is InChI=1S/C29H36FN4O8PS/c30-25(43(39,40)41)16-5-10-23-17(13-16)14-24(44-23)27(36)32-21-4-2-1-3-19-6-9-22(34(19)28(21)37)26(35)31-18-11-12-33(15-18)29(38)42-20-7-8-20/h5,10,13-14,18-22,25H,1-4,6-9,11-12,15H2,(H,31,35)(H,32,36)(H2,39,40,41)/t18?,19-,21-,22-,25?/m0/s1. The summed E-state index contributed by atoms with van der Waals surface area (Å²) >= 11 is 1.13. The predicted octanol–water partition coefficient (Wildman–Crippen LogP) is 3.57. The second-order valence-corrected chi connectivity index (χ2v) is 14.9. The molecule has 238 valence electrons. The van der Waals surface area contributed by atoms with E-state index in [9.17, 15) is 37.9 Å². The smallest absolute Gasteiger partial charge is 0.410 e. The van der Waals surface area contributed by atoms with E-state index in [1.807, 2.05) is 0 Å². The Morgan fingerprint density at radius 1 is 1.02 bits per heavy atom. The van der Waals surface area contributed by atoms with Crippen LogP contribution >= 0.6 is 18.9 Å². The van der Waals surface area contributed by atoms with Crippen molar-refractivity contribution in [2.24, 2.45) is 0 Å². The summed E-state index contributed by atoms with van der Waals surface area (Å²) in [5.74, 6) is -3.51. The number of likely N-dealkylation sites (tertiary alicyclic amines) is 1. The molecule has 5 atom stereocenters. The van der Waals surface area contributed by atoms with Crippen molar-refractivity contribution in [3.8, 4) is 0 Å². The monoisotopic (exact) mass is 650 g/mol. The molecule has 1 aromatic carbocycles. The number of hydrogen-bond donors (Lipinski definition) is 4. The molecular formula is C29H36FN4O8PS. The summed E-state index contributed by atoms with van der Waals surface area (Å²) in [6.07, 6.45) is 6.05. The number of rotatable bonds is 7. The zero-order chi connectivity index (χ0) is 31.2. The third kappa shape index (κ3) is 6.63. The molecule has 4 N–H and O–H groups in total. The first kappa shape index (κ1) is 30.9. The minimum atomic E-state index is -4.98. The lowest BCUT2D eigenvalue weighted by Gasteiger charge is -2.35. The predicted molar refractivity (Wildman–Crippen MR) is 159 cm³/mol. The molecule has 1 aromatic heterocycles. The highest BCUT2D eigenvalue weighted by Crippen LogP contribution is 2.53. The van der Waals surface area contributed by atoms with Crippen molar-refractivity contribution in [3.05, 3.63) is 34.7 Å². The van der Waals surface area contributed by atoms with Gasteiger partial charge in [0.1, 0.15) is 18.2 Å². The third-order valence-corrected chi connectivity index (χ3v) is 10.9. The summed E-state index contributed by atoms with van der Waals surface area (Å²) in [5.41, 5.74) is -0.182. The molecule has 15 heteroatoms. The SMILES string of the molecule is O=C(N[C@H]1CCCC[C@H]2CC[C@@H](C(=O)NC3CCN(C(=O)OC4CC4)C3)N2C1=O)c1cc2cc(C(F)P(=O)(O)O)ccc2s1. The van der Waals surface area contributed by atoms with E-state index in [0.29, 0.717) is 48.9 Å². The number of carbonyl (C=O) groups is 4. The van der Waals surface area contributed by atoms with Crippen LogP contribution in [0.1, 0.15) is 78.9 Å². The molecule has 0 bridgehead atoms. The van der Waals surface area contributed by atoms with Gasteiger partial charge in [0.05, 0.1) is 4.88 Å². The number of ether oxygens (including phenoxy) is 1. The fourth-order valence-corrected chi connectivity index (χ4v) is 7.91. The Balaban J connectivity index is 1.11. The number of carbonyl (C=O) groups excluding carboxylic acids is 4. The molecule has 4 aliphatic rings. The quantitative estimate of drug-likeness (QED) is 0.330. The molecule has 4 amide bonds. The Morgan fingerprint density at radius 3 is 2.55 bits per heavy atom. The van der Waals surface area contributed by atoms with Gasteiger partial charge in [0.15, 0.2) is 0 Å². The summed E-state index contributed by atoms with van der Waals surface area (Å²) < 4.78 is 31.6. The fraction of sp³-hybridized carbons (Fsp3) is 0.586. The molecule has 4 heterocycles. The van der Waals surface area contributed by atoms with Gasteiger partial charge in [0, 0.05) is 29.9 Å². The number of halogens is 1. The lowest BCUT2D eigenvalue weighted by atomic mass is 9.99. The van der Waals surface area contributed by atoms with E-state index in [4.69, 9.17) is 4.74 Å². The van der Waals surface area contributed by atoms with Gasteiger partial charge in [-0.1, -0.05) is 18.9 Å². The molecule has 6 rings (SSSR count). The van der Waals surface area contributed by atoms with Crippen molar-refractivity contribution in [1.29, 1.82) is 0 Å². The molecule has 12 nitrogen and oxygen atoms in total. The number of thiophene rings is 1. The van der Waals surface area contributed by atoms with Crippen molar-refractivity contribution in [3.63, 3.8) is 0 Å². The van der Waals surface area contributed by atoms with Crippen LogP contribution in [0.2, 0.25) is 0 Å². The van der Waals surface area contributed by atoms with Crippen LogP contribution in [0.5, 0.6) is 0 Å². The second kappa shape index (κ2) is 12.4. The average molecular weight is 651 g/mol. The van der Waals surface area contributed by atoms with E-state index in [0.717, 1.165) is 43.4 Å². The molecular weight excluding hydrogens is 614 g/mol. The lowest BCUT2D eigenvalue weighted by Crippen LogP contribution is -2.57. The van der Waals surface area contributed by atoms with E-state index in [1.165, 1.54) is 24.3 Å². The van der Waals surface area contributed by atoms with Gasteiger partial charge in [-0.25, -0.2) is 9.18 Å². The molecule has 0 radical (unpaired) electrons. The number of hydrogen-bond acceptors (Lipinski definition) is 7. The van der Waals surface area contributed by atoms with Crippen molar-refractivity contribution in [1.82, 2.24) is 20.4 Å². The number of fused-ring (bicyclic) bond motifs is 2. The van der Waals surface area contributed by atoms with Crippen LogP contribution < -0.4 is 10.6 Å². The summed E-state index contributed by atoms with van der Waals surface area (Å²) in [7, 11) is -4.98. The highest BCUT2D eigenvalue weighted by molar-refractivity contribution is 7.51. The maximum Gasteiger partial charge on any atom is 0.410 e. The second-order valence-electron chi connectivity index (χ2n) is 12.2. The highest BCUT2D eigenvalue weighted by atomic mass is 32.1. The largest absolute Gasteiger partial charge is 0.446 e. The minimum Gasteiger partial charge on any atom is -0.446 e. The maximum atomic E-state index is 14.2. The van der Waals surface area contributed by atoms with Gasteiger partial charge in [-0.15, -0.1) is 11.3 Å². The fourth-order valence-electron chi connectivity index (χ4n) is 6.41. The molecule has 3 aliphatic heterocycles. The Hall–Kier alpha value is -3.06. The molecule has 3 saturated heterocycles. The Bertz CT molecular complexity index is 1510. The molecule has 44 heavy (non-hydrogen) atoms. The van der Waals surface area contributed by atoms with Gasteiger partial charge in [-0.05, 0) is 74.1 Å². The molecule has 2 aromatic rings. The van der Waals surface area contributed by atoms with Crippen molar-refractivity contribution < 1.29 is 42.7 Å². The topological polar surface area (TPSA) is 166 Å². The van der Waals surface area contributed by atoms with Gasteiger partial charge >= 0.3 is 13.7 Å². The number of benzene rings is 1. The van der Waals surface area contributed by atoms with E-state index < -0.39 is 31.5 Å². The first-order valence-electron chi connectivity index (χ1n) is 15.1. The summed E-state index contributed by atoms with van der Waals surface area (Å²) in [5, 5.41) is 6.35. The number of alkyl halides is 1. The van der Waals surface area contributed by atoms with Crippen LogP contribution in [0.25, 0.3) is 10.1 Å². The summed E-state index contributed by atoms with van der Waals surface area (Å²) in [6.45, 7) is 0.861. The van der Waals surface area contributed by atoms with Crippen molar-refractivity contribution in [2.45, 2.75) is 94.0 Å². The zero-order valence-electron chi connectivity index (χ0n) is 24.0. The lowest BCUT2D eigenvalue weighted by molar-refractivity contribution is -0.142. The van der Waals surface area contributed by atoms with Gasteiger partial charge in [0.2, 0.25) is 17.7 Å². The zero-order valence-corrected chi connectivity index (χ0v) is 25.7. The van der Waals surface area contributed by atoms with Crippen LogP contribution in [0.15, 0.2) is 24.3 Å². The minimum absolute atomic E-state index is 0.00879.